The molecule has 0 aromatic heterocycles. The van der Waals surface area contributed by atoms with Gasteiger partial charge in [-0.3, -0.25) is 0 Å². The van der Waals surface area contributed by atoms with E-state index in [0.29, 0.717) is 47.6 Å². The van der Waals surface area contributed by atoms with E-state index in [1.54, 1.807) is 25.3 Å². The van der Waals surface area contributed by atoms with Gasteiger partial charge in [0, 0.05) is 18.2 Å². The van der Waals surface area contributed by atoms with Crippen LogP contribution in [-0.4, -0.2) is 47.6 Å². The van der Waals surface area contributed by atoms with Crippen LogP contribution in [0.4, 0.5) is 10.5 Å². The first kappa shape index (κ1) is 20.0. The molecule has 0 atom stereocenters. The van der Waals surface area contributed by atoms with Crippen LogP contribution in [0.5, 0.6) is 28.7 Å². The topological polar surface area (TPSA) is 87.3 Å². The third-order valence-electron chi connectivity index (χ3n) is 3.62. The molecule has 2 aromatic rings. The van der Waals surface area contributed by atoms with Crippen molar-refractivity contribution in [3.8, 4) is 28.7 Å². The van der Waals surface area contributed by atoms with E-state index in [2.05, 4.69) is 10.6 Å². The second-order valence-corrected chi connectivity index (χ2v) is 5.32. The number of amides is 2. The lowest BCUT2D eigenvalue weighted by Crippen LogP contribution is -2.32. The molecule has 0 bridgehead atoms. The van der Waals surface area contributed by atoms with E-state index in [1.165, 1.54) is 21.3 Å². The Morgan fingerprint density at radius 1 is 0.889 bits per heavy atom. The SMILES string of the molecule is COc1cccc(OCCNC(=O)Nc2cc(OC)c(OC)c(OC)c2)c1. The number of hydrogen-bond acceptors (Lipinski definition) is 6. The summed E-state index contributed by atoms with van der Waals surface area (Å²) in [5.41, 5.74) is 0.510. The Bertz CT molecular complexity index is 741. The van der Waals surface area contributed by atoms with Crippen LogP contribution < -0.4 is 34.3 Å². The van der Waals surface area contributed by atoms with Gasteiger partial charge in [-0.2, -0.15) is 0 Å². The summed E-state index contributed by atoms with van der Waals surface area (Å²) in [7, 11) is 6.13. The number of carbonyl (C=O) groups is 1. The fourth-order valence-electron chi connectivity index (χ4n) is 2.35. The molecular weight excluding hydrogens is 352 g/mol. The highest BCUT2D eigenvalue weighted by molar-refractivity contribution is 5.90. The van der Waals surface area contributed by atoms with E-state index in [4.69, 9.17) is 23.7 Å². The van der Waals surface area contributed by atoms with Crippen molar-refractivity contribution in [1.82, 2.24) is 5.32 Å². The molecule has 8 heteroatoms. The van der Waals surface area contributed by atoms with Crippen LogP contribution in [-0.2, 0) is 0 Å². The standard InChI is InChI=1S/C19H24N2O6/c1-23-14-6-5-7-15(12-14)27-9-8-20-19(22)21-13-10-16(24-2)18(26-4)17(11-13)25-3/h5-7,10-12H,8-9H2,1-4H3,(H2,20,21,22). The summed E-state index contributed by atoms with van der Waals surface area (Å²) in [5.74, 6) is 2.74. The van der Waals surface area contributed by atoms with E-state index in [9.17, 15) is 4.79 Å². The summed E-state index contributed by atoms with van der Waals surface area (Å²) in [6.07, 6.45) is 0. The summed E-state index contributed by atoms with van der Waals surface area (Å²) in [5, 5.41) is 5.43. The molecule has 2 N–H and O–H groups in total. The molecular formula is C19H24N2O6. The molecule has 2 rings (SSSR count). The Kier molecular flexibility index (Phi) is 7.42. The second kappa shape index (κ2) is 10.0. The molecule has 0 spiro atoms. The van der Waals surface area contributed by atoms with Gasteiger partial charge in [-0.15, -0.1) is 0 Å². The first-order valence-corrected chi connectivity index (χ1v) is 8.23. The van der Waals surface area contributed by atoms with Gasteiger partial charge >= 0.3 is 6.03 Å². The number of urea groups is 1. The number of hydrogen-bond donors (Lipinski definition) is 2. The fourth-order valence-corrected chi connectivity index (χ4v) is 2.35. The first-order valence-electron chi connectivity index (χ1n) is 8.23. The number of ether oxygens (including phenoxy) is 5. The van der Waals surface area contributed by atoms with Crippen LogP contribution in [0, 0.1) is 0 Å². The molecule has 0 aliphatic carbocycles. The Hall–Kier alpha value is -3.29. The molecule has 0 saturated carbocycles. The van der Waals surface area contributed by atoms with Gasteiger partial charge in [0.05, 0.1) is 40.7 Å². The van der Waals surface area contributed by atoms with Crippen LogP contribution in [0.2, 0.25) is 0 Å². The minimum Gasteiger partial charge on any atom is -0.497 e. The molecule has 0 saturated heterocycles. The molecule has 0 aliphatic rings. The molecule has 0 radical (unpaired) electrons. The predicted molar refractivity (Wildman–Crippen MR) is 102 cm³/mol. The summed E-state index contributed by atoms with van der Waals surface area (Å²) in [6, 6.07) is 10.2. The monoisotopic (exact) mass is 376 g/mol. The summed E-state index contributed by atoms with van der Waals surface area (Å²) < 4.78 is 26.5. The maximum atomic E-state index is 12.1. The van der Waals surface area contributed by atoms with E-state index < -0.39 is 0 Å². The van der Waals surface area contributed by atoms with Crippen molar-refractivity contribution < 1.29 is 28.5 Å². The predicted octanol–water partition coefficient (Wildman–Crippen LogP) is 2.92. The number of carbonyl (C=O) groups excluding carboxylic acids is 1. The molecule has 2 aromatic carbocycles. The van der Waals surface area contributed by atoms with Crippen LogP contribution >= 0.6 is 0 Å². The van der Waals surface area contributed by atoms with Gasteiger partial charge in [0.1, 0.15) is 18.1 Å². The molecule has 146 valence electrons. The molecule has 8 nitrogen and oxygen atoms in total. The van der Waals surface area contributed by atoms with E-state index in [1.807, 2.05) is 18.2 Å². The van der Waals surface area contributed by atoms with E-state index in [-0.39, 0.29) is 6.03 Å². The molecule has 0 fully saturated rings. The van der Waals surface area contributed by atoms with Crippen LogP contribution in [0.1, 0.15) is 0 Å². The van der Waals surface area contributed by atoms with Gasteiger partial charge in [0.25, 0.3) is 0 Å². The lowest BCUT2D eigenvalue weighted by atomic mass is 10.2. The molecule has 2 amide bonds. The van der Waals surface area contributed by atoms with Gasteiger partial charge < -0.3 is 34.3 Å². The highest BCUT2D eigenvalue weighted by Gasteiger charge is 2.14. The number of benzene rings is 2. The maximum Gasteiger partial charge on any atom is 0.319 e. The van der Waals surface area contributed by atoms with Crippen LogP contribution in [0.15, 0.2) is 36.4 Å². The van der Waals surface area contributed by atoms with Crippen LogP contribution in [0.25, 0.3) is 0 Å². The fraction of sp³-hybridized carbons (Fsp3) is 0.316. The molecule has 27 heavy (non-hydrogen) atoms. The minimum atomic E-state index is -0.376. The zero-order valence-electron chi connectivity index (χ0n) is 15.8. The minimum absolute atomic E-state index is 0.315. The Labute approximate surface area is 158 Å². The van der Waals surface area contributed by atoms with E-state index in [0.717, 1.165) is 0 Å². The number of methoxy groups -OCH3 is 4. The lowest BCUT2D eigenvalue weighted by molar-refractivity contribution is 0.247. The van der Waals surface area contributed by atoms with Gasteiger partial charge in [0.15, 0.2) is 11.5 Å². The van der Waals surface area contributed by atoms with Crippen molar-refractivity contribution in [2.24, 2.45) is 0 Å². The first-order chi connectivity index (χ1) is 13.1. The van der Waals surface area contributed by atoms with Crippen molar-refractivity contribution in [1.29, 1.82) is 0 Å². The van der Waals surface area contributed by atoms with Crippen molar-refractivity contribution in [2.45, 2.75) is 0 Å². The Morgan fingerprint density at radius 3 is 2.15 bits per heavy atom. The zero-order chi connectivity index (χ0) is 19.6. The van der Waals surface area contributed by atoms with Crippen molar-refractivity contribution in [3.63, 3.8) is 0 Å². The van der Waals surface area contributed by atoms with Crippen molar-refractivity contribution >= 4 is 11.7 Å². The van der Waals surface area contributed by atoms with Gasteiger partial charge in [-0.05, 0) is 12.1 Å². The van der Waals surface area contributed by atoms with E-state index >= 15 is 0 Å². The average molecular weight is 376 g/mol. The quantitative estimate of drug-likeness (QED) is 0.655. The Morgan fingerprint density at radius 2 is 1.56 bits per heavy atom. The van der Waals surface area contributed by atoms with Crippen molar-refractivity contribution in [2.75, 3.05) is 46.9 Å². The largest absolute Gasteiger partial charge is 0.497 e. The number of rotatable bonds is 9. The molecule has 0 heterocycles. The summed E-state index contributed by atoms with van der Waals surface area (Å²) in [6.45, 7) is 0.642. The molecule has 0 unspecified atom stereocenters. The smallest absolute Gasteiger partial charge is 0.319 e. The second-order valence-electron chi connectivity index (χ2n) is 5.32. The lowest BCUT2D eigenvalue weighted by Gasteiger charge is -2.15. The van der Waals surface area contributed by atoms with Gasteiger partial charge in [-0.25, -0.2) is 4.79 Å². The van der Waals surface area contributed by atoms with Crippen LogP contribution in [0.3, 0.4) is 0 Å². The van der Waals surface area contributed by atoms with Crippen molar-refractivity contribution in [3.05, 3.63) is 36.4 Å². The highest BCUT2D eigenvalue weighted by Crippen LogP contribution is 2.39. The number of anilines is 1. The Balaban J connectivity index is 1.86. The maximum absolute atomic E-state index is 12.1. The van der Waals surface area contributed by atoms with Gasteiger partial charge in [0.2, 0.25) is 5.75 Å². The summed E-state index contributed by atoms with van der Waals surface area (Å²) >= 11 is 0. The third kappa shape index (κ3) is 5.60. The highest BCUT2D eigenvalue weighted by atomic mass is 16.5. The normalized spacial score (nSPS) is 9.93. The molecule has 0 aliphatic heterocycles. The summed E-state index contributed by atoms with van der Waals surface area (Å²) in [4.78, 5) is 12.1. The number of nitrogens with one attached hydrogen (secondary N) is 2. The third-order valence-corrected chi connectivity index (χ3v) is 3.62. The zero-order valence-corrected chi connectivity index (χ0v) is 15.8. The van der Waals surface area contributed by atoms with Gasteiger partial charge in [-0.1, -0.05) is 6.07 Å². The average Bonchev–Trinajstić information content (AvgIpc) is 2.70.